The summed E-state index contributed by atoms with van der Waals surface area (Å²) in [5.41, 5.74) is 8.29. The maximum atomic E-state index is 11.5. The summed E-state index contributed by atoms with van der Waals surface area (Å²) in [6.45, 7) is 0. The lowest BCUT2D eigenvalue weighted by atomic mass is 9.98. The van der Waals surface area contributed by atoms with Crippen LogP contribution in [0.3, 0.4) is 0 Å². The Morgan fingerprint density at radius 3 is 2.86 bits per heavy atom. The highest BCUT2D eigenvalue weighted by atomic mass is 32.2. The summed E-state index contributed by atoms with van der Waals surface area (Å²) in [7, 11) is -0.822. The number of hydrogen-bond donors (Lipinski definition) is 1. The highest BCUT2D eigenvalue weighted by Crippen LogP contribution is 2.24. The van der Waals surface area contributed by atoms with Gasteiger partial charge in [0, 0.05) is 19.5 Å². The van der Waals surface area contributed by atoms with Crippen LogP contribution in [0.4, 0.5) is 0 Å². The van der Waals surface area contributed by atoms with Gasteiger partial charge >= 0.3 is 0 Å². The van der Waals surface area contributed by atoms with E-state index in [0.717, 1.165) is 29.7 Å². The normalized spacial score (nSPS) is 22.7. The van der Waals surface area contributed by atoms with E-state index < -0.39 is 9.84 Å². The molecule has 3 rings (SSSR count). The number of nitrogens with zero attached hydrogens (tertiary/aromatic N) is 2. The molecule has 21 heavy (non-hydrogen) atoms. The Balaban J connectivity index is 1.69. The van der Waals surface area contributed by atoms with E-state index in [1.54, 1.807) is 0 Å². The quantitative estimate of drug-likeness (QED) is 0.922. The highest BCUT2D eigenvalue weighted by Gasteiger charge is 2.29. The van der Waals surface area contributed by atoms with E-state index in [-0.39, 0.29) is 12.0 Å². The fourth-order valence-corrected chi connectivity index (χ4v) is 5.06. The molecule has 1 aliphatic rings. The molecule has 2 unspecified atom stereocenters. The van der Waals surface area contributed by atoms with Gasteiger partial charge in [0.25, 0.3) is 0 Å². The van der Waals surface area contributed by atoms with E-state index in [1.165, 1.54) is 0 Å². The summed E-state index contributed by atoms with van der Waals surface area (Å²) in [4.78, 5) is 4.62. The predicted molar refractivity (Wildman–Crippen MR) is 83.8 cm³/mol. The molecule has 1 fully saturated rings. The average molecular weight is 307 g/mol. The molecular formula is C15H21N3O2S. The number of sulfone groups is 1. The maximum absolute atomic E-state index is 11.5. The van der Waals surface area contributed by atoms with Crippen LogP contribution in [0.15, 0.2) is 24.3 Å². The molecule has 6 heteroatoms. The van der Waals surface area contributed by atoms with Gasteiger partial charge in [0.05, 0.1) is 22.5 Å². The van der Waals surface area contributed by atoms with Crippen molar-refractivity contribution in [3.63, 3.8) is 0 Å². The third-order valence-corrected chi connectivity index (χ3v) is 6.12. The minimum Gasteiger partial charge on any atom is -0.331 e. The molecule has 5 nitrogen and oxygen atoms in total. The number of imidazole rings is 1. The van der Waals surface area contributed by atoms with Gasteiger partial charge in [-0.05, 0) is 30.9 Å². The molecule has 1 aromatic carbocycles. The topological polar surface area (TPSA) is 78.0 Å². The van der Waals surface area contributed by atoms with E-state index in [9.17, 15) is 8.42 Å². The first-order valence-electron chi connectivity index (χ1n) is 7.31. The largest absolute Gasteiger partial charge is 0.331 e. The van der Waals surface area contributed by atoms with Crippen molar-refractivity contribution in [3.05, 3.63) is 30.1 Å². The number of aryl methyl sites for hydroxylation is 1. The Hall–Kier alpha value is -1.40. The first kappa shape index (κ1) is 14.5. The minimum atomic E-state index is -2.82. The van der Waals surface area contributed by atoms with Crippen LogP contribution >= 0.6 is 0 Å². The van der Waals surface area contributed by atoms with Crippen LogP contribution in [0.25, 0.3) is 11.0 Å². The summed E-state index contributed by atoms with van der Waals surface area (Å²) < 4.78 is 25.1. The van der Waals surface area contributed by atoms with Crippen LogP contribution < -0.4 is 5.73 Å². The smallest absolute Gasteiger partial charge is 0.150 e. The highest BCUT2D eigenvalue weighted by molar-refractivity contribution is 7.91. The van der Waals surface area contributed by atoms with Crippen LogP contribution in [0, 0.1) is 5.92 Å². The zero-order chi connectivity index (χ0) is 15.0. The van der Waals surface area contributed by atoms with Crippen LogP contribution in [-0.4, -0.2) is 35.5 Å². The first-order chi connectivity index (χ1) is 9.94. The summed E-state index contributed by atoms with van der Waals surface area (Å²) in [6, 6.07) is 7.97. The van der Waals surface area contributed by atoms with Gasteiger partial charge in [-0.15, -0.1) is 0 Å². The molecule has 2 aromatic rings. The van der Waals surface area contributed by atoms with Gasteiger partial charge < -0.3 is 10.3 Å². The van der Waals surface area contributed by atoms with Crippen molar-refractivity contribution in [2.45, 2.75) is 25.3 Å². The summed E-state index contributed by atoms with van der Waals surface area (Å²) in [5, 5.41) is 0. The Bertz CT molecular complexity index is 751. The standard InChI is InChI=1S/C15H21N3O2S/c1-18-14-5-3-2-4-13(14)17-15(18)9-12(16)8-11-6-7-21(19,20)10-11/h2-5,11-12H,6-10,16H2,1H3. The second-order valence-corrected chi connectivity index (χ2v) is 8.27. The van der Waals surface area contributed by atoms with Crippen molar-refractivity contribution in [1.82, 2.24) is 9.55 Å². The lowest BCUT2D eigenvalue weighted by Gasteiger charge is -2.15. The number of hydrogen-bond acceptors (Lipinski definition) is 4. The summed E-state index contributed by atoms with van der Waals surface area (Å²) in [6.07, 6.45) is 2.18. The fourth-order valence-electron chi connectivity index (χ4n) is 3.18. The third-order valence-electron chi connectivity index (χ3n) is 4.29. The number of fused-ring (bicyclic) bond motifs is 1. The van der Waals surface area contributed by atoms with E-state index in [0.29, 0.717) is 17.9 Å². The monoisotopic (exact) mass is 307 g/mol. The SMILES string of the molecule is Cn1c(CC(N)CC2CCS(=O)(=O)C2)nc2ccccc21. The summed E-state index contributed by atoms with van der Waals surface area (Å²) in [5.74, 6) is 1.78. The number of para-hydroxylation sites is 2. The molecule has 0 amide bonds. The van der Waals surface area contributed by atoms with E-state index in [2.05, 4.69) is 9.55 Å². The van der Waals surface area contributed by atoms with Gasteiger partial charge in [0.2, 0.25) is 0 Å². The van der Waals surface area contributed by atoms with Gasteiger partial charge in [-0.25, -0.2) is 13.4 Å². The van der Waals surface area contributed by atoms with Crippen LogP contribution in [-0.2, 0) is 23.3 Å². The van der Waals surface area contributed by atoms with Gasteiger partial charge in [-0.3, -0.25) is 0 Å². The molecule has 0 bridgehead atoms. The van der Waals surface area contributed by atoms with Crippen molar-refractivity contribution in [1.29, 1.82) is 0 Å². The van der Waals surface area contributed by atoms with Crippen molar-refractivity contribution in [3.8, 4) is 0 Å². The first-order valence-corrected chi connectivity index (χ1v) is 9.13. The molecule has 0 spiro atoms. The minimum absolute atomic E-state index is 0.0428. The van der Waals surface area contributed by atoms with Crippen LogP contribution in [0.5, 0.6) is 0 Å². The third kappa shape index (κ3) is 3.11. The number of aromatic nitrogens is 2. The Labute approximate surface area is 125 Å². The molecule has 0 saturated carbocycles. The summed E-state index contributed by atoms with van der Waals surface area (Å²) >= 11 is 0. The molecule has 114 valence electrons. The average Bonchev–Trinajstić information content (AvgIpc) is 2.91. The van der Waals surface area contributed by atoms with Crippen molar-refractivity contribution in [2.75, 3.05) is 11.5 Å². The van der Waals surface area contributed by atoms with E-state index in [1.807, 2.05) is 31.3 Å². The lowest BCUT2D eigenvalue weighted by molar-refractivity contribution is 0.461. The van der Waals surface area contributed by atoms with Crippen LogP contribution in [0.2, 0.25) is 0 Å². The second-order valence-electron chi connectivity index (χ2n) is 6.04. The van der Waals surface area contributed by atoms with Crippen molar-refractivity contribution in [2.24, 2.45) is 18.7 Å². The van der Waals surface area contributed by atoms with Crippen LogP contribution in [0.1, 0.15) is 18.7 Å². The molecule has 0 aliphatic carbocycles. The van der Waals surface area contributed by atoms with E-state index in [4.69, 9.17) is 5.73 Å². The Kier molecular flexibility index (Phi) is 3.75. The van der Waals surface area contributed by atoms with Crippen molar-refractivity contribution < 1.29 is 8.42 Å². The van der Waals surface area contributed by atoms with Gasteiger partial charge in [-0.2, -0.15) is 0 Å². The van der Waals surface area contributed by atoms with E-state index >= 15 is 0 Å². The predicted octanol–water partition coefficient (Wildman–Crippen LogP) is 1.27. The zero-order valence-corrected chi connectivity index (χ0v) is 13.0. The Morgan fingerprint density at radius 1 is 1.43 bits per heavy atom. The maximum Gasteiger partial charge on any atom is 0.150 e. The Morgan fingerprint density at radius 2 is 2.19 bits per heavy atom. The molecule has 1 aliphatic heterocycles. The van der Waals surface area contributed by atoms with Crippen molar-refractivity contribution >= 4 is 20.9 Å². The van der Waals surface area contributed by atoms with Gasteiger partial charge in [0.1, 0.15) is 5.82 Å². The zero-order valence-electron chi connectivity index (χ0n) is 12.2. The number of nitrogens with two attached hydrogens (primary N) is 1. The molecule has 1 saturated heterocycles. The number of benzene rings is 1. The molecule has 2 heterocycles. The molecule has 0 radical (unpaired) electrons. The van der Waals surface area contributed by atoms with Gasteiger partial charge in [-0.1, -0.05) is 12.1 Å². The number of rotatable bonds is 4. The molecular weight excluding hydrogens is 286 g/mol. The molecule has 2 atom stereocenters. The molecule has 2 N–H and O–H groups in total. The molecule has 1 aromatic heterocycles. The lowest BCUT2D eigenvalue weighted by Crippen LogP contribution is -2.27. The van der Waals surface area contributed by atoms with Gasteiger partial charge in [0.15, 0.2) is 9.84 Å². The second kappa shape index (κ2) is 5.42. The fraction of sp³-hybridized carbons (Fsp3) is 0.533.